The van der Waals surface area contributed by atoms with Gasteiger partial charge in [-0.1, -0.05) is 23.2 Å². The lowest BCUT2D eigenvalue weighted by molar-refractivity contribution is 0.249. The summed E-state index contributed by atoms with van der Waals surface area (Å²) in [5.74, 6) is 1.49. The molecule has 3 rings (SSSR count). The maximum Gasteiger partial charge on any atom is 0.147 e. The fourth-order valence-corrected chi connectivity index (χ4v) is 3.16. The Bertz CT molecular complexity index is 412. The van der Waals surface area contributed by atoms with E-state index in [9.17, 15) is 0 Å². The van der Waals surface area contributed by atoms with Crippen LogP contribution in [-0.4, -0.2) is 31.2 Å². The molecule has 2 fully saturated rings. The zero-order chi connectivity index (χ0) is 11.8. The summed E-state index contributed by atoms with van der Waals surface area (Å²) < 4.78 is 0. The Labute approximate surface area is 111 Å². The minimum atomic E-state index is 0.384. The van der Waals surface area contributed by atoms with Crippen molar-refractivity contribution in [3.63, 3.8) is 0 Å². The third-order valence-electron chi connectivity index (χ3n) is 3.64. The van der Waals surface area contributed by atoms with Crippen molar-refractivity contribution in [1.82, 2.24) is 10.3 Å². The molecule has 2 bridgehead atoms. The predicted molar refractivity (Wildman–Crippen MR) is 70.9 cm³/mol. The molecule has 2 unspecified atom stereocenters. The second-order valence-electron chi connectivity index (χ2n) is 5.00. The molecule has 2 aliphatic heterocycles. The van der Waals surface area contributed by atoms with E-state index in [1.165, 1.54) is 6.42 Å². The van der Waals surface area contributed by atoms with Crippen molar-refractivity contribution < 1.29 is 0 Å². The molecule has 1 aromatic heterocycles. The lowest BCUT2D eigenvalue weighted by atomic mass is 9.86. The molecule has 3 heterocycles. The van der Waals surface area contributed by atoms with Crippen LogP contribution in [0.15, 0.2) is 12.3 Å². The smallest absolute Gasteiger partial charge is 0.147 e. The summed E-state index contributed by atoms with van der Waals surface area (Å²) in [6.07, 6.45) is 3.17. The summed E-state index contributed by atoms with van der Waals surface area (Å²) in [5, 5.41) is 4.41. The zero-order valence-corrected chi connectivity index (χ0v) is 11.0. The Balaban J connectivity index is 1.81. The molecule has 2 aliphatic rings. The summed E-state index contributed by atoms with van der Waals surface area (Å²) in [6.45, 7) is 4.43. The summed E-state index contributed by atoms with van der Waals surface area (Å²) in [7, 11) is 0. The third-order valence-corrected chi connectivity index (χ3v) is 4.32. The zero-order valence-electron chi connectivity index (χ0n) is 9.50. The van der Waals surface area contributed by atoms with E-state index in [4.69, 9.17) is 23.2 Å². The SMILES string of the molecule is Clc1cc(N2CC3CNCC(C3)C2)cnc1Cl. The Hall–Kier alpha value is -0.510. The maximum atomic E-state index is 6.02. The highest BCUT2D eigenvalue weighted by molar-refractivity contribution is 6.41. The molecule has 3 nitrogen and oxygen atoms in total. The fourth-order valence-electron chi connectivity index (χ4n) is 2.90. The van der Waals surface area contributed by atoms with Gasteiger partial charge in [0.1, 0.15) is 5.15 Å². The van der Waals surface area contributed by atoms with Crippen molar-refractivity contribution >= 4 is 28.9 Å². The number of anilines is 1. The number of nitrogens with zero attached hydrogens (tertiary/aromatic N) is 2. The molecule has 2 atom stereocenters. The van der Waals surface area contributed by atoms with Crippen LogP contribution in [0.2, 0.25) is 10.2 Å². The van der Waals surface area contributed by atoms with E-state index in [0.29, 0.717) is 10.2 Å². The molecule has 0 radical (unpaired) electrons. The number of rotatable bonds is 1. The second-order valence-corrected chi connectivity index (χ2v) is 5.76. The fraction of sp³-hybridized carbons (Fsp3) is 0.583. The van der Waals surface area contributed by atoms with E-state index in [1.54, 1.807) is 0 Å². The molecule has 2 saturated heterocycles. The van der Waals surface area contributed by atoms with Crippen LogP contribution in [0.5, 0.6) is 0 Å². The summed E-state index contributed by atoms with van der Waals surface area (Å²) in [4.78, 5) is 6.51. The lowest BCUT2D eigenvalue weighted by Gasteiger charge is -2.42. The predicted octanol–water partition coefficient (Wildman–Crippen LogP) is 2.43. The molecule has 0 aliphatic carbocycles. The Kier molecular flexibility index (Phi) is 3.16. The van der Waals surface area contributed by atoms with Gasteiger partial charge in [-0.3, -0.25) is 0 Å². The lowest BCUT2D eigenvalue weighted by Crippen LogP contribution is -2.51. The van der Waals surface area contributed by atoms with E-state index < -0.39 is 0 Å². The van der Waals surface area contributed by atoms with Crippen molar-refractivity contribution in [2.45, 2.75) is 6.42 Å². The monoisotopic (exact) mass is 271 g/mol. The first-order valence-electron chi connectivity index (χ1n) is 5.99. The van der Waals surface area contributed by atoms with Gasteiger partial charge in [-0.15, -0.1) is 0 Å². The van der Waals surface area contributed by atoms with Gasteiger partial charge in [0.05, 0.1) is 16.9 Å². The highest BCUT2D eigenvalue weighted by Crippen LogP contribution is 2.30. The van der Waals surface area contributed by atoms with E-state index >= 15 is 0 Å². The first kappa shape index (κ1) is 11.6. The Morgan fingerprint density at radius 1 is 1.24 bits per heavy atom. The molecular weight excluding hydrogens is 257 g/mol. The van der Waals surface area contributed by atoms with E-state index in [2.05, 4.69) is 15.2 Å². The molecule has 1 N–H and O–H groups in total. The van der Waals surface area contributed by atoms with Gasteiger partial charge in [0.2, 0.25) is 0 Å². The van der Waals surface area contributed by atoms with Crippen LogP contribution in [0.3, 0.4) is 0 Å². The topological polar surface area (TPSA) is 28.2 Å². The van der Waals surface area contributed by atoms with Crippen molar-refractivity contribution in [2.75, 3.05) is 31.1 Å². The molecule has 0 spiro atoms. The Morgan fingerprint density at radius 2 is 1.94 bits per heavy atom. The standard InChI is InChI=1S/C12H15Cl2N3/c13-11-2-10(5-16-12(11)14)17-6-8-1-9(7-17)4-15-3-8/h2,5,8-9,15H,1,3-4,6-7H2. The van der Waals surface area contributed by atoms with E-state index in [0.717, 1.165) is 43.7 Å². The van der Waals surface area contributed by atoms with Gasteiger partial charge < -0.3 is 10.2 Å². The van der Waals surface area contributed by atoms with Gasteiger partial charge in [0.25, 0.3) is 0 Å². The number of hydrogen-bond acceptors (Lipinski definition) is 3. The number of piperidine rings is 2. The van der Waals surface area contributed by atoms with Crippen LogP contribution in [0, 0.1) is 11.8 Å². The second kappa shape index (κ2) is 4.63. The molecule has 0 amide bonds. The van der Waals surface area contributed by atoms with Crippen molar-refractivity contribution in [3.8, 4) is 0 Å². The highest BCUT2D eigenvalue weighted by atomic mass is 35.5. The minimum absolute atomic E-state index is 0.384. The molecular formula is C12H15Cl2N3. The molecule has 92 valence electrons. The maximum absolute atomic E-state index is 6.02. The van der Waals surface area contributed by atoms with Crippen LogP contribution in [-0.2, 0) is 0 Å². The van der Waals surface area contributed by atoms with Crippen molar-refractivity contribution in [1.29, 1.82) is 0 Å². The van der Waals surface area contributed by atoms with Crippen LogP contribution in [0.25, 0.3) is 0 Å². The number of halogens is 2. The molecule has 0 aromatic carbocycles. The molecule has 0 saturated carbocycles. The number of aromatic nitrogens is 1. The van der Waals surface area contributed by atoms with Crippen LogP contribution >= 0.6 is 23.2 Å². The normalized spacial score (nSPS) is 28.2. The summed E-state index contributed by atoms with van der Waals surface area (Å²) in [5.41, 5.74) is 1.09. The quantitative estimate of drug-likeness (QED) is 0.796. The van der Waals surface area contributed by atoms with Crippen LogP contribution < -0.4 is 10.2 Å². The molecule has 1 aromatic rings. The van der Waals surface area contributed by atoms with E-state index in [1.807, 2.05) is 12.3 Å². The average Bonchev–Trinajstić information content (AvgIpc) is 2.32. The highest BCUT2D eigenvalue weighted by Gasteiger charge is 2.30. The van der Waals surface area contributed by atoms with Gasteiger partial charge in [-0.25, -0.2) is 4.98 Å². The largest absolute Gasteiger partial charge is 0.370 e. The van der Waals surface area contributed by atoms with Crippen molar-refractivity contribution in [3.05, 3.63) is 22.4 Å². The summed E-state index contributed by atoms with van der Waals surface area (Å²) in [6, 6.07) is 1.92. The molecule has 17 heavy (non-hydrogen) atoms. The minimum Gasteiger partial charge on any atom is -0.370 e. The Morgan fingerprint density at radius 3 is 2.59 bits per heavy atom. The molecule has 5 heteroatoms. The number of nitrogens with one attached hydrogen (secondary N) is 1. The van der Waals surface area contributed by atoms with Crippen molar-refractivity contribution in [2.24, 2.45) is 11.8 Å². The third kappa shape index (κ3) is 2.37. The summed E-state index contributed by atoms with van der Waals surface area (Å²) >= 11 is 11.9. The van der Waals surface area contributed by atoms with Crippen LogP contribution in [0.1, 0.15) is 6.42 Å². The van der Waals surface area contributed by atoms with Gasteiger partial charge in [0.15, 0.2) is 0 Å². The number of fused-ring (bicyclic) bond motifs is 2. The van der Waals surface area contributed by atoms with Gasteiger partial charge in [0, 0.05) is 13.1 Å². The number of hydrogen-bond donors (Lipinski definition) is 1. The average molecular weight is 272 g/mol. The number of pyridine rings is 1. The van der Waals surface area contributed by atoms with Gasteiger partial charge in [-0.05, 0) is 37.4 Å². The van der Waals surface area contributed by atoms with Crippen LogP contribution in [0.4, 0.5) is 5.69 Å². The van der Waals surface area contributed by atoms with Gasteiger partial charge in [-0.2, -0.15) is 0 Å². The van der Waals surface area contributed by atoms with Gasteiger partial charge >= 0.3 is 0 Å². The first-order valence-corrected chi connectivity index (χ1v) is 6.74. The van der Waals surface area contributed by atoms with E-state index in [-0.39, 0.29) is 0 Å². The first-order chi connectivity index (χ1) is 8.22.